The highest BCUT2D eigenvalue weighted by molar-refractivity contribution is 8.15. The Morgan fingerprint density at radius 3 is 2.67 bits per heavy atom. The molecule has 24 heavy (non-hydrogen) atoms. The van der Waals surface area contributed by atoms with Crippen LogP contribution in [0.1, 0.15) is 27.2 Å². The molecule has 0 aliphatic carbocycles. The van der Waals surface area contributed by atoms with Crippen molar-refractivity contribution in [2.45, 2.75) is 32.4 Å². The van der Waals surface area contributed by atoms with E-state index in [-0.39, 0.29) is 30.0 Å². The predicted molar refractivity (Wildman–Crippen MR) is 94.6 cm³/mol. The lowest BCUT2D eigenvalue weighted by atomic mass is 10.1. The fourth-order valence-corrected chi connectivity index (χ4v) is 2.66. The summed E-state index contributed by atoms with van der Waals surface area (Å²) in [4.78, 5) is 23.9. The Morgan fingerprint density at radius 1 is 1.38 bits per heavy atom. The van der Waals surface area contributed by atoms with Gasteiger partial charge < -0.3 is 10.6 Å². The number of anilines is 1. The summed E-state index contributed by atoms with van der Waals surface area (Å²) in [5.41, 5.74) is 1.34. The molecule has 0 saturated carbocycles. The van der Waals surface area contributed by atoms with Gasteiger partial charge in [0.2, 0.25) is 11.8 Å². The number of amides is 2. The SMILES string of the molecule is CC(=NN=C1NC(=O)C(CC(=O)Nc2ccc(F)cc2)S1)C(C)C. The zero-order valence-electron chi connectivity index (χ0n) is 13.7. The first-order chi connectivity index (χ1) is 11.3. The molecular weight excluding hydrogens is 331 g/mol. The van der Waals surface area contributed by atoms with Crippen LogP contribution in [0.5, 0.6) is 0 Å². The molecule has 1 atom stereocenters. The van der Waals surface area contributed by atoms with Gasteiger partial charge in [0.15, 0.2) is 5.17 Å². The van der Waals surface area contributed by atoms with Crippen molar-refractivity contribution in [2.75, 3.05) is 5.32 Å². The molecule has 2 N–H and O–H groups in total. The summed E-state index contributed by atoms with van der Waals surface area (Å²) < 4.78 is 12.8. The van der Waals surface area contributed by atoms with Gasteiger partial charge in [0, 0.05) is 17.8 Å². The molecule has 1 aromatic rings. The molecule has 1 aliphatic rings. The number of carbonyl (C=O) groups is 2. The predicted octanol–water partition coefficient (Wildman–Crippen LogP) is 2.77. The number of carbonyl (C=O) groups excluding carboxylic acids is 2. The molecule has 128 valence electrons. The average molecular weight is 350 g/mol. The van der Waals surface area contributed by atoms with Gasteiger partial charge in [-0.05, 0) is 37.1 Å². The molecule has 2 amide bonds. The third-order valence-corrected chi connectivity index (χ3v) is 4.48. The van der Waals surface area contributed by atoms with Gasteiger partial charge in [0.05, 0.1) is 0 Å². The summed E-state index contributed by atoms with van der Waals surface area (Å²) >= 11 is 1.18. The minimum absolute atomic E-state index is 0.000225. The number of hydrogen-bond donors (Lipinski definition) is 2. The van der Waals surface area contributed by atoms with Crippen LogP contribution >= 0.6 is 11.8 Å². The third kappa shape index (κ3) is 5.16. The smallest absolute Gasteiger partial charge is 0.240 e. The highest BCUT2D eigenvalue weighted by atomic mass is 32.2. The lowest BCUT2D eigenvalue weighted by Gasteiger charge is -2.07. The molecule has 1 unspecified atom stereocenters. The van der Waals surface area contributed by atoms with Gasteiger partial charge in [-0.25, -0.2) is 4.39 Å². The molecular formula is C16H19FN4O2S. The number of thioether (sulfide) groups is 1. The second-order valence-electron chi connectivity index (χ2n) is 5.66. The van der Waals surface area contributed by atoms with Crippen LogP contribution in [0, 0.1) is 11.7 Å². The van der Waals surface area contributed by atoms with Crippen LogP contribution in [-0.4, -0.2) is 27.9 Å². The maximum absolute atomic E-state index is 12.8. The van der Waals surface area contributed by atoms with Crippen molar-refractivity contribution >= 4 is 40.1 Å². The molecule has 1 aromatic carbocycles. The summed E-state index contributed by atoms with van der Waals surface area (Å²) in [6, 6.07) is 5.44. The van der Waals surface area contributed by atoms with E-state index in [0.717, 1.165) is 5.71 Å². The van der Waals surface area contributed by atoms with E-state index in [1.165, 1.54) is 36.0 Å². The largest absolute Gasteiger partial charge is 0.326 e. The highest BCUT2D eigenvalue weighted by Gasteiger charge is 2.32. The summed E-state index contributed by atoms with van der Waals surface area (Å²) in [5, 5.41) is 13.1. The van der Waals surface area contributed by atoms with Gasteiger partial charge >= 0.3 is 0 Å². The molecule has 0 aromatic heterocycles. The van der Waals surface area contributed by atoms with E-state index in [2.05, 4.69) is 20.8 Å². The maximum atomic E-state index is 12.8. The Bertz CT molecular complexity index is 686. The molecule has 1 saturated heterocycles. The van der Waals surface area contributed by atoms with Gasteiger partial charge in [0.1, 0.15) is 11.1 Å². The van der Waals surface area contributed by atoms with E-state index >= 15 is 0 Å². The lowest BCUT2D eigenvalue weighted by Crippen LogP contribution is -2.28. The topological polar surface area (TPSA) is 82.9 Å². The van der Waals surface area contributed by atoms with Gasteiger partial charge in [0.25, 0.3) is 0 Å². The number of nitrogens with zero attached hydrogens (tertiary/aromatic N) is 2. The zero-order chi connectivity index (χ0) is 17.7. The highest BCUT2D eigenvalue weighted by Crippen LogP contribution is 2.23. The quantitative estimate of drug-likeness (QED) is 0.633. The summed E-state index contributed by atoms with van der Waals surface area (Å²) in [6.45, 7) is 5.87. The van der Waals surface area contributed by atoms with Gasteiger partial charge in [-0.1, -0.05) is 25.6 Å². The second kappa shape index (κ2) is 8.05. The summed E-state index contributed by atoms with van der Waals surface area (Å²) in [7, 11) is 0. The Morgan fingerprint density at radius 2 is 2.04 bits per heavy atom. The molecule has 2 rings (SSSR count). The number of rotatable bonds is 5. The molecule has 8 heteroatoms. The van der Waals surface area contributed by atoms with Crippen LogP contribution in [0.4, 0.5) is 10.1 Å². The molecule has 1 aliphatic heterocycles. The Kier molecular flexibility index (Phi) is 6.08. The van der Waals surface area contributed by atoms with Crippen molar-refractivity contribution in [3.63, 3.8) is 0 Å². The van der Waals surface area contributed by atoms with Gasteiger partial charge in [-0.3, -0.25) is 9.59 Å². The van der Waals surface area contributed by atoms with Crippen molar-refractivity contribution in [2.24, 2.45) is 16.1 Å². The van der Waals surface area contributed by atoms with Crippen molar-refractivity contribution in [3.8, 4) is 0 Å². The molecule has 0 bridgehead atoms. The summed E-state index contributed by atoms with van der Waals surface area (Å²) in [6.07, 6.45) is -0.000225. The van der Waals surface area contributed by atoms with Crippen molar-refractivity contribution in [1.82, 2.24) is 5.32 Å². The van der Waals surface area contributed by atoms with Crippen LogP contribution in [0.3, 0.4) is 0 Å². The van der Waals surface area contributed by atoms with Crippen LogP contribution < -0.4 is 10.6 Å². The van der Waals surface area contributed by atoms with Crippen LogP contribution in [0.15, 0.2) is 34.5 Å². The zero-order valence-corrected chi connectivity index (χ0v) is 14.5. The van der Waals surface area contributed by atoms with E-state index in [1.807, 2.05) is 20.8 Å². The van der Waals surface area contributed by atoms with E-state index in [0.29, 0.717) is 10.9 Å². The number of halogens is 1. The fraction of sp³-hybridized carbons (Fsp3) is 0.375. The number of hydrogen-bond acceptors (Lipinski definition) is 5. The van der Waals surface area contributed by atoms with E-state index < -0.39 is 5.25 Å². The van der Waals surface area contributed by atoms with E-state index in [9.17, 15) is 14.0 Å². The normalized spacial score (nSPS) is 19.7. The van der Waals surface area contributed by atoms with Crippen LogP contribution in [0.25, 0.3) is 0 Å². The number of benzene rings is 1. The standard InChI is InChI=1S/C16H19FN4O2S/c1-9(2)10(3)20-21-16-19-15(23)13(24-16)8-14(22)18-12-6-4-11(17)5-7-12/h4-7,9,13H,8H2,1-3H3,(H,18,22)(H,19,21,23). The Hall–Kier alpha value is -2.22. The Labute approximate surface area is 144 Å². The molecule has 0 radical (unpaired) electrons. The third-order valence-electron chi connectivity index (χ3n) is 3.41. The first-order valence-corrected chi connectivity index (χ1v) is 8.38. The van der Waals surface area contributed by atoms with Crippen molar-refractivity contribution < 1.29 is 14.0 Å². The maximum Gasteiger partial charge on any atom is 0.240 e. The van der Waals surface area contributed by atoms with Crippen molar-refractivity contribution in [3.05, 3.63) is 30.1 Å². The molecule has 6 nitrogen and oxygen atoms in total. The second-order valence-corrected chi connectivity index (χ2v) is 6.85. The first kappa shape index (κ1) is 18.1. The minimum Gasteiger partial charge on any atom is -0.326 e. The first-order valence-electron chi connectivity index (χ1n) is 7.50. The van der Waals surface area contributed by atoms with E-state index in [1.54, 1.807) is 0 Å². The monoisotopic (exact) mass is 350 g/mol. The fourth-order valence-electron chi connectivity index (χ4n) is 1.74. The van der Waals surface area contributed by atoms with Crippen LogP contribution in [0.2, 0.25) is 0 Å². The molecule has 1 fully saturated rings. The van der Waals surface area contributed by atoms with Gasteiger partial charge in [-0.15, -0.1) is 5.10 Å². The Balaban J connectivity index is 1.92. The average Bonchev–Trinajstić information content (AvgIpc) is 2.87. The minimum atomic E-state index is -0.557. The number of amidine groups is 1. The summed E-state index contributed by atoms with van der Waals surface area (Å²) in [5.74, 6) is -0.701. The lowest BCUT2D eigenvalue weighted by molar-refractivity contribution is -0.122. The van der Waals surface area contributed by atoms with Crippen molar-refractivity contribution in [1.29, 1.82) is 0 Å². The number of nitrogens with one attached hydrogen (secondary N) is 2. The van der Waals surface area contributed by atoms with Gasteiger partial charge in [-0.2, -0.15) is 5.10 Å². The van der Waals surface area contributed by atoms with Crippen LogP contribution in [-0.2, 0) is 9.59 Å². The van der Waals surface area contributed by atoms with E-state index in [4.69, 9.17) is 0 Å². The molecule has 0 spiro atoms. The molecule has 1 heterocycles.